The zero-order valence-corrected chi connectivity index (χ0v) is 11.4. The molecular formula is C13H13Cl2NO2. The van der Waals surface area contributed by atoms with E-state index < -0.39 is 0 Å². The van der Waals surface area contributed by atoms with Gasteiger partial charge in [0.05, 0.1) is 11.6 Å². The molecule has 0 radical (unpaired) electrons. The maximum absolute atomic E-state index is 6.02. The lowest BCUT2D eigenvalue weighted by Gasteiger charge is -2.07. The number of rotatable bonds is 4. The lowest BCUT2D eigenvalue weighted by Crippen LogP contribution is -1.96. The third-order valence-corrected chi connectivity index (χ3v) is 3.08. The highest BCUT2D eigenvalue weighted by Crippen LogP contribution is 2.28. The maximum Gasteiger partial charge on any atom is 0.138 e. The Morgan fingerprint density at radius 2 is 2.06 bits per heavy atom. The molecular weight excluding hydrogens is 273 g/mol. The second-order valence-corrected chi connectivity index (χ2v) is 4.71. The van der Waals surface area contributed by atoms with Gasteiger partial charge in [0.15, 0.2) is 0 Å². The Morgan fingerprint density at radius 3 is 2.67 bits per heavy atom. The van der Waals surface area contributed by atoms with E-state index in [0.29, 0.717) is 28.9 Å². The Morgan fingerprint density at radius 1 is 1.28 bits per heavy atom. The molecule has 0 unspecified atom stereocenters. The van der Waals surface area contributed by atoms with Crippen LogP contribution in [0.2, 0.25) is 10.0 Å². The minimum absolute atomic E-state index is 0.378. The first-order valence-electron chi connectivity index (χ1n) is 5.46. The van der Waals surface area contributed by atoms with E-state index in [9.17, 15) is 0 Å². The fraction of sp³-hybridized carbons (Fsp3) is 0.231. The van der Waals surface area contributed by atoms with E-state index >= 15 is 0 Å². The molecule has 0 spiro atoms. The second-order valence-electron chi connectivity index (χ2n) is 3.86. The van der Waals surface area contributed by atoms with Crippen LogP contribution in [0, 0.1) is 6.92 Å². The minimum Gasteiger partial charge on any atom is -0.487 e. The van der Waals surface area contributed by atoms with Gasteiger partial charge in [0.2, 0.25) is 0 Å². The first-order valence-corrected chi connectivity index (χ1v) is 6.22. The monoisotopic (exact) mass is 285 g/mol. The molecule has 0 fully saturated rings. The van der Waals surface area contributed by atoms with Crippen molar-refractivity contribution in [3.05, 3.63) is 51.4 Å². The first-order chi connectivity index (χ1) is 8.60. The topological polar surface area (TPSA) is 48.4 Å². The Hall–Kier alpha value is -1.16. The minimum atomic E-state index is 0.378. The number of ether oxygens (including phenoxy) is 1. The summed E-state index contributed by atoms with van der Waals surface area (Å²) in [6.45, 7) is 2.64. The fourth-order valence-corrected chi connectivity index (χ4v) is 2.04. The Labute approximate surface area is 115 Å². The molecule has 0 saturated carbocycles. The molecule has 0 aliphatic carbocycles. The van der Waals surface area contributed by atoms with Crippen LogP contribution in [-0.2, 0) is 13.2 Å². The lowest BCUT2D eigenvalue weighted by molar-refractivity contribution is 0.303. The Bertz CT molecular complexity index is 552. The average Bonchev–Trinajstić information content (AvgIpc) is 2.69. The summed E-state index contributed by atoms with van der Waals surface area (Å²) in [5.41, 5.74) is 6.47. The van der Waals surface area contributed by atoms with Crippen LogP contribution in [0.4, 0.5) is 0 Å². The quantitative estimate of drug-likeness (QED) is 0.926. The van der Waals surface area contributed by atoms with Crippen molar-refractivity contribution < 1.29 is 9.15 Å². The summed E-state index contributed by atoms with van der Waals surface area (Å²) >= 11 is 11.8. The molecule has 1 aromatic carbocycles. The van der Waals surface area contributed by atoms with Crippen LogP contribution >= 0.6 is 23.2 Å². The van der Waals surface area contributed by atoms with Gasteiger partial charge in [0.1, 0.15) is 23.9 Å². The van der Waals surface area contributed by atoms with Crippen LogP contribution in [0.1, 0.15) is 17.1 Å². The molecule has 2 N–H and O–H groups in total. The van der Waals surface area contributed by atoms with Crippen molar-refractivity contribution in [1.29, 1.82) is 0 Å². The zero-order valence-electron chi connectivity index (χ0n) is 9.87. The summed E-state index contributed by atoms with van der Waals surface area (Å²) in [5, 5.41) is 1.07. The van der Waals surface area contributed by atoms with E-state index in [1.165, 1.54) is 0 Å². The van der Waals surface area contributed by atoms with Gasteiger partial charge in [-0.05, 0) is 31.2 Å². The van der Waals surface area contributed by atoms with Gasteiger partial charge < -0.3 is 14.9 Å². The van der Waals surface area contributed by atoms with Crippen LogP contribution in [0.3, 0.4) is 0 Å². The molecule has 96 valence electrons. The van der Waals surface area contributed by atoms with Gasteiger partial charge in [0, 0.05) is 10.6 Å². The van der Waals surface area contributed by atoms with E-state index in [2.05, 4.69) is 0 Å². The summed E-state index contributed by atoms with van der Waals surface area (Å²) in [7, 11) is 0. The van der Waals surface area contributed by atoms with Gasteiger partial charge in [-0.3, -0.25) is 0 Å². The SMILES string of the molecule is Cc1oc(CN)cc1COc1ccc(Cl)cc1Cl. The molecule has 0 atom stereocenters. The van der Waals surface area contributed by atoms with Crippen molar-refractivity contribution in [3.8, 4) is 5.75 Å². The predicted octanol–water partition coefficient (Wildman–Crippen LogP) is 3.93. The standard InChI is InChI=1S/C13H13Cl2NO2/c1-8-9(4-11(6-16)18-8)7-17-13-3-2-10(14)5-12(13)15/h2-5H,6-7,16H2,1H3. The van der Waals surface area contributed by atoms with Crippen LogP contribution in [0.15, 0.2) is 28.7 Å². The van der Waals surface area contributed by atoms with Gasteiger partial charge in [-0.15, -0.1) is 0 Å². The van der Waals surface area contributed by atoms with Gasteiger partial charge >= 0.3 is 0 Å². The van der Waals surface area contributed by atoms with Gasteiger partial charge in [-0.2, -0.15) is 0 Å². The number of hydrogen-bond acceptors (Lipinski definition) is 3. The molecule has 1 aromatic heterocycles. The third kappa shape index (κ3) is 2.99. The van der Waals surface area contributed by atoms with Crippen molar-refractivity contribution in [2.24, 2.45) is 5.73 Å². The molecule has 0 amide bonds. The summed E-state index contributed by atoms with van der Waals surface area (Å²) in [6, 6.07) is 7.01. The molecule has 5 heteroatoms. The van der Waals surface area contributed by atoms with Crippen molar-refractivity contribution in [1.82, 2.24) is 0 Å². The van der Waals surface area contributed by atoms with Crippen LogP contribution < -0.4 is 10.5 Å². The Kier molecular flexibility index (Phi) is 4.17. The van der Waals surface area contributed by atoms with Crippen LogP contribution in [0.25, 0.3) is 0 Å². The normalized spacial score (nSPS) is 10.7. The fourth-order valence-electron chi connectivity index (χ4n) is 1.58. The summed E-state index contributed by atoms with van der Waals surface area (Å²) in [4.78, 5) is 0. The van der Waals surface area contributed by atoms with E-state index in [1.54, 1.807) is 18.2 Å². The largest absolute Gasteiger partial charge is 0.487 e. The van der Waals surface area contributed by atoms with Crippen molar-refractivity contribution in [3.63, 3.8) is 0 Å². The van der Waals surface area contributed by atoms with E-state index in [0.717, 1.165) is 17.1 Å². The van der Waals surface area contributed by atoms with Crippen molar-refractivity contribution in [2.45, 2.75) is 20.1 Å². The average molecular weight is 286 g/mol. The number of hydrogen-bond donors (Lipinski definition) is 1. The zero-order chi connectivity index (χ0) is 13.1. The maximum atomic E-state index is 6.02. The molecule has 18 heavy (non-hydrogen) atoms. The molecule has 1 heterocycles. The predicted molar refractivity (Wildman–Crippen MR) is 72.1 cm³/mol. The highest BCUT2D eigenvalue weighted by molar-refractivity contribution is 6.35. The molecule has 2 aromatic rings. The second kappa shape index (κ2) is 5.65. The number of furan rings is 1. The number of nitrogens with two attached hydrogens (primary N) is 1. The molecule has 0 bridgehead atoms. The third-order valence-electron chi connectivity index (χ3n) is 2.55. The molecule has 0 saturated heterocycles. The summed E-state index contributed by atoms with van der Waals surface area (Å²) in [6.07, 6.45) is 0. The van der Waals surface area contributed by atoms with Gasteiger partial charge in [-0.1, -0.05) is 23.2 Å². The summed E-state index contributed by atoms with van der Waals surface area (Å²) < 4.78 is 11.1. The first kappa shape index (κ1) is 13.3. The molecule has 3 nitrogen and oxygen atoms in total. The van der Waals surface area contributed by atoms with E-state index in [1.807, 2.05) is 13.0 Å². The van der Waals surface area contributed by atoms with Gasteiger partial charge in [-0.25, -0.2) is 0 Å². The number of halogens is 2. The van der Waals surface area contributed by atoms with Crippen molar-refractivity contribution in [2.75, 3.05) is 0 Å². The number of aryl methyl sites for hydroxylation is 1. The van der Waals surface area contributed by atoms with E-state index in [-0.39, 0.29) is 0 Å². The molecule has 2 rings (SSSR count). The number of benzene rings is 1. The van der Waals surface area contributed by atoms with Gasteiger partial charge in [0.25, 0.3) is 0 Å². The smallest absolute Gasteiger partial charge is 0.138 e. The Balaban J connectivity index is 2.08. The lowest BCUT2D eigenvalue weighted by atomic mass is 10.2. The van der Waals surface area contributed by atoms with Crippen molar-refractivity contribution >= 4 is 23.2 Å². The molecule has 0 aliphatic heterocycles. The summed E-state index contributed by atoms with van der Waals surface area (Å²) in [5.74, 6) is 2.14. The van der Waals surface area contributed by atoms with Crippen LogP contribution in [0.5, 0.6) is 5.75 Å². The molecule has 0 aliphatic rings. The van der Waals surface area contributed by atoms with E-state index in [4.69, 9.17) is 38.1 Å². The van der Waals surface area contributed by atoms with Crippen LogP contribution in [-0.4, -0.2) is 0 Å². The highest BCUT2D eigenvalue weighted by atomic mass is 35.5. The highest BCUT2D eigenvalue weighted by Gasteiger charge is 2.08.